The van der Waals surface area contributed by atoms with Crippen LogP contribution in [0.25, 0.3) is 6.08 Å². The SMILES string of the molecule is CCC(C=O)=Cc1ccc(Cl)c(Cl)c1. The minimum absolute atomic E-state index is 0.502. The van der Waals surface area contributed by atoms with Gasteiger partial charge in [0.25, 0.3) is 0 Å². The van der Waals surface area contributed by atoms with E-state index in [1.54, 1.807) is 18.2 Å². The van der Waals surface area contributed by atoms with Crippen molar-refractivity contribution in [1.82, 2.24) is 0 Å². The van der Waals surface area contributed by atoms with Gasteiger partial charge in [-0.15, -0.1) is 0 Å². The molecule has 0 aliphatic carbocycles. The summed E-state index contributed by atoms with van der Waals surface area (Å²) in [5, 5.41) is 1.02. The van der Waals surface area contributed by atoms with Crippen LogP contribution in [0.2, 0.25) is 10.0 Å². The van der Waals surface area contributed by atoms with E-state index in [0.29, 0.717) is 16.5 Å². The lowest BCUT2D eigenvalue weighted by Gasteiger charge is -1.99. The van der Waals surface area contributed by atoms with Gasteiger partial charge in [0.1, 0.15) is 6.29 Å². The van der Waals surface area contributed by atoms with E-state index in [2.05, 4.69) is 0 Å². The average Bonchev–Trinajstić information content (AvgIpc) is 2.19. The number of allylic oxidation sites excluding steroid dienone is 1. The van der Waals surface area contributed by atoms with Crippen LogP contribution in [-0.4, -0.2) is 6.29 Å². The molecule has 0 heterocycles. The number of rotatable bonds is 3. The zero-order valence-corrected chi connectivity index (χ0v) is 9.27. The van der Waals surface area contributed by atoms with E-state index >= 15 is 0 Å². The molecule has 0 fully saturated rings. The second-order valence-electron chi connectivity index (χ2n) is 2.86. The zero-order valence-electron chi connectivity index (χ0n) is 7.76. The number of carbonyl (C=O) groups excluding carboxylic acids is 1. The van der Waals surface area contributed by atoms with Gasteiger partial charge in [0.05, 0.1) is 10.0 Å². The van der Waals surface area contributed by atoms with Crippen LogP contribution in [0.15, 0.2) is 23.8 Å². The molecule has 0 unspecified atom stereocenters. The van der Waals surface area contributed by atoms with E-state index in [-0.39, 0.29) is 0 Å². The van der Waals surface area contributed by atoms with Gasteiger partial charge in [-0.05, 0) is 35.8 Å². The number of benzene rings is 1. The molecule has 1 aromatic carbocycles. The monoisotopic (exact) mass is 228 g/mol. The molecule has 0 aliphatic rings. The summed E-state index contributed by atoms with van der Waals surface area (Å²) in [6.45, 7) is 1.93. The summed E-state index contributed by atoms with van der Waals surface area (Å²) < 4.78 is 0. The lowest BCUT2D eigenvalue weighted by molar-refractivity contribution is -0.104. The lowest BCUT2D eigenvalue weighted by Crippen LogP contribution is -1.82. The summed E-state index contributed by atoms with van der Waals surface area (Å²) >= 11 is 11.6. The van der Waals surface area contributed by atoms with Crippen molar-refractivity contribution in [3.05, 3.63) is 39.4 Å². The molecule has 0 N–H and O–H groups in total. The number of carbonyl (C=O) groups is 1. The van der Waals surface area contributed by atoms with Gasteiger partial charge in [0.2, 0.25) is 0 Å². The molecular weight excluding hydrogens is 219 g/mol. The number of hydrogen-bond donors (Lipinski definition) is 0. The van der Waals surface area contributed by atoms with Crippen LogP contribution in [0, 0.1) is 0 Å². The van der Waals surface area contributed by atoms with E-state index in [1.807, 2.05) is 13.0 Å². The van der Waals surface area contributed by atoms with Crippen LogP contribution in [0.5, 0.6) is 0 Å². The summed E-state index contributed by atoms with van der Waals surface area (Å²) in [5.41, 5.74) is 1.63. The van der Waals surface area contributed by atoms with Crippen molar-refractivity contribution in [2.45, 2.75) is 13.3 Å². The molecule has 0 spiro atoms. The second kappa shape index (κ2) is 5.18. The normalized spacial score (nSPS) is 11.5. The van der Waals surface area contributed by atoms with Crippen molar-refractivity contribution < 1.29 is 4.79 Å². The molecule has 3 heteroatoms. The highest BCUT2D eigenvalue weighted by molar-refractivity contribution is 6.42. The predicted molar refractivity (Wildman–Crippen MR) is 60.8 cm³/mol. The summed E-state index contributed by atoms with van der Waals surface area (Å²) in [6, 6.07) is 5.28. The van der Waals surface area contributed by atoms with Gasteiger partial charge in [-0.25, -0.2) is 0 Å². The molecule has 74 valence electrons. The highest BCUT2D eigenvalue weighted by Gasteiger charge is 1.98. The minimum Gasteiger partial charge on any atom is -0.298 e. The van der Waals surface area contributed by atoms with Crippen LogP contribution in [0.4, 0.5) is 0 Å². The number of hydrogen-bond acceptors (Lipinski definition) is 1. The van der Waals surface area contributed by atoms with Crippen molar-refractivity contribution in [3.63, 3.8) is 0 Å². The zero-order chi connectivity index (χ0) is 10.6. The van der Waals surface area contributed by atoms with Crippen molar-refractivity contribution in [1.29, 1.82) is 0 Å². The van der Waals surface area contributed by atoms with Crippen molar-refractivity contribution in [2.75, 3.05) is 0 Å². The molecule has 0 aromatic heterocycles. The fourth-order valence-corrected chi connectivity index (χ4v) is 1.34. The Morgan fingerprint density at radius 1 is 1.36 bits per heavy atom. The van der Waals surface area contributed by atoms with Gasteiger partial charge in [-0.1, -0.05) is 36.2 Å². The van der Waals surface area contributed by atoms with Crippen LogP contribution >= 0.6 is 23.2 Å². The number of halogens is 2. The van der Waals surface area contributed by atoms with Gasteiger partial charge < -0.3 is 0 Å². The van der Waals surface area contributed by atoms with Gasteiger partial charge in [-0.3, -0.25) is 4.79 Å². The molecule has 1 rings (SSSR count). The molecular formula is C11H10Cl2O. The van der Waals surface area contributed by atoms with Gasteiger partial charge >= 0.3 is 0 Å². The Morgan fingerprint density at radius 3 is 2.57 bits per heavy atom. The molecule has 0 amide bonds. The molecule has 1 aromatic rings. The largest absolute Gasteiger partial charge is 0.298 e. The third-order valence-corrected chi connectivity index (χ3v) is 2.59. The molecule has 0 bridgehead atoms. The Balaban J connectivity index is 3.03. The predicted octanol–water partition coefficient (Wildman–Crippen LogP) is 3.99. The Kier molecular flexibility index (Phi) is 4.18. The van der Waals surface area contributed by atoms with Crippen molar-refractivity contribution >= 4 is 35.6 Å². The standard InChI is InChI=1S/C11H10Cl2O/c1-2-8(7-14)5-9-3-4-10(12)11(13)6-9/h3-7H,2H2,1H3. The highest BCUT2D eigenvalue weighted by Crippen LogP contribution is 2.23. The summed E-state index contributed by atoms with van der Waals surface area (Å²) in [7, 11) is 0. The Morgan fingerprint density at radius 2 is 2.07 bits per heavy atom. The van der Waals surface area contributed by atoms with E-state index < -0.39 is 0 Å². The molecule has 1 nitrogen and oxygen atoms in total. The summed E-state index contributed by atoms with van der Waals surface area (Å²) in [6.07, 6.45) is 3.36. The maximum Gasteiger partial charge on any atom is 0.146 e. The summed E-state index contributed by atoms with van der Waals surface area (Å²) in [5.74, 6) is 0. The van der Waals surface area contributed by atoms with Crippen LogP contribution in [0.1, 0.15) is 18.9 Å². The topological polar surface area (TPSA) is 17.1 Å². The lowest BCUT2D eigenvalue weighted by atomic mass is 10.1. The molecule has 0 radical (unpaired) electrons. The van der Waals surface area contributed by atoms with E-state index in [4.69, 9.17) is 23.2 Å². The first-order valence-corrected chi connectivity index (χ1v) is 5.03. The molecule has 0 saturated carbocycles. The average molecular weight is 229 g/mol. The Hall–Kier alpha value is -0.790. The van der Waals surface area contributed by atoms with Gasteiger partial charge in [0.15, 0.2) is 0 Å². The Labute approximate surface area is 93.3 Å². The molecule has 0 saturated heterocycles. The molecule has 0 atom stereocenters. The first kappa shape index (κ1) is 11.3. The minimum atomic E-state index is 0.502. The van der Waals surface area contributed by atoms with E-state index in [9.17, 15) is 4.79 Å². The van der Waals surface area contributed by atoms with Crippen molar-refractivity contribution in [3.8, 4) is 0 Å². The van der Waals surface area contributed by atoms with Gasteiger partial charge in [0, 0.05) is 0 Å². The maximum atomic E-state index is 10.6. The fourth-order valence-electron chi connectivity index (χ4n) is 1.04. The van der Waals surface area contributed by atoms with Crippen LogP contribution in [0.3, 0.4) is 0 Å². The molecule has 14 heavy (non-hydrogen) atoms. The van der Waals surface area contributed by atoms with Crippen molar-refractivity contribution in [2.24, 2.45) is 0 Å². The van der Waals surface area contributed by atoms with E-state index in [1.165, 1.54) is 0 Å². The second-order valence-corrected chi connectivity index (χ2v) is 3.68. The van der Waals surface area contributed by atoms with Crippen LogP contribution < -0.4 is 0 Å². The van der Waals surface area contributed by atoms with Gasteiger partial charge in [-0.2, -0.15) is 0 Å². The van der Waals surface area contributed by atoms with Crippen LogP contribution in [-0.2, 0) is 4.79 Å². The highest BCUT2D eigenvalue weighted by atomic mass is 35.5. The molecule has 0 aliphatic heterocycles. The maximum absolute atomic E-state index is 10.6. The summed E-state index contributed by atoms with van der Waals surface area (Å²) in [4.78, 5) is 10.6. The first-order valence-electron chi connectivity index (χ1n) is 4.28. The third kappa shape index (κ3) is 2.86. The third-order valence-electron chi connectivity index (χ3n) is 1.86. The fraction of sp³-hybridized carbons (Fsp3) is 0.182. The first-order chi connectivity index (χ1) is 6.67. The smallest absolute Gasteiger partial charge is 0.146 e. The Bertz CT molecular complexity index is 370. The van der Waals surface area contributed by atoms with E-state index in [0.717, 1.165) is 17.4 Å². The quantitative estimate of drug-likeness (QED) is 0.565. The number of aldehydes is 1.